The van der Waals surface area contributed by atoms with Crippen molar-refractivity contribution in [2.75, 3.05) is 38.2 Å². The maximum absolute atomic E-state index is 13.0. The minimum absolute atomic E-state index is 0.0773. The van der Waals surface area contributed by atoms with E-state index in [1.807, 2.05) is 0 Å². The number of halogens is 6. The third-order valence-electron chi connectivity index (χ3n) is 5.17. The van der Waals surface area contributed by atoms with Crippen molar-refractivity contribution < 1.29 is 50.6 Å². The Morgan fingerprint density at radius 3 is 2.03 bits per heavy atom. The van der Waals surface area contributed by atoms with E-state index in [1.165, 1.54) is 4.90 Å². The highest BCUT2D eigenvalue weighted by Gasteiger charge is 2.61. The van der Waals surface area contributed by atoms with Gasteiger partial charge >= 0.3 is 18.3 Å². The highest BCUT2D eigenvalue weighted by atomic mass is 19.4. The van der Waals surface area contributed by atoms with Gasteiger partial charge in [0.25, 0.3) is 5.60 Å². The predicted octanol–water partition coefficient (Wildman–Crippen LogP) is 1.74. The molecule has 1 saturated heterocycles. The van der Waals surface area contributed by atoms with Crippen LogP contribution in [-0.2, 0) is 25.3 Å². The predicted molar refractivity (Wildman–Crippen MR) is 102 cm³/mol. The van der Waals surface area contributed by atoms with Crippen LogP contribution in [0.25, 0.3) is 0 Å². The van der Waals surface area contributed by atoms with Crippen LogP contribution in [0, 0.1) is 0 Å². The summed E-state index contributed by atoms with van der Waals surface area (Å²) >= 11 is 0. The Labute approximate surface area is 189 Å². The van der Waals surface area contributed by atoms with Gasteiger partial charge in [0.1, 0.15) is 5.78 Å². The Bertz CT molecular complexity index is 885. The molecule has 0 saturated carbocycles. The van der Waals surface area contributed by atoms with Crippen molar-refractivity contribution in [1.29, 1.82) is 0 Å². The number of amides is 1. The third kappa shape index (κ3) is 6.55. The van der Waals surface area contributed by atoms with E-state index in [2.05, 4.69) is 14.7 Å². The first-order valence-corrected chi connectivity index (χ1v) is 10.00. The van der Waals surface area contributed by atoms with E-state index < -0.39 is 48.1 Å². The molecule has 0 aromatic carbocycles. The van der Waals surface area contributed by atoms with E-state index in [9.17, 15) is 45.8 Å². The zero-order chi connectivity index (χ0) is 25.7. The quantitative estimate of drug-likeness (QED) is 0.425. The van der Waals surface area contributed by atoms with E-state index in [1.54, 1.807) is 4.90 Å². The molecule has 2 rings (SSSR count). The summed E-state index contributed by atoms with van der Waals surface area (Å²) in [5, 5.41) is 9.61. The number of methoxy groups -OCH3 is 1. The molecule has 1 atom stereocenters. The molecule has 1 N–H and O–H groups in total. The van der Waals surface area contributed by atoms with Gasteiger partial charge in [0.15, 0.2) is 0 Å². The number of alkyl halides is 6. The Morgan fingerprint density at radius 2 is 1.56 bits per heavy atom. The molecule has 2 heterocycles. The molecule has 0 spiro atoms. The smallest absolute Gasteiger partial charge is 0.428 e. The Kier molecular flexibility index (Phi) is 8.45. The minimum atomic E-state index is -5.41. The summed E-state index contributed by atoms with van der Waals surface area (Å²) in [5.74, 6) is -3.37. The molecular weight excluding hydrogens is 478 g/mol. The van der Waals surface area contributed by atoms with Gasteiger partial charge in [-0.25, -0.2) is 14.8 Å². The van der Waals surface area contributed by atoms with Crippen LogP contribution in [0.4, 0.5) is 32.3 Å². The number of Topliss-reactive ketones (excluding diaryl/α,β-unsaturated/α-hetero) is 1. The zero-order valence-electron chi connectivity index (χ0n) is 17.9. The number of anilines is 1. The summed E-state index contributed by atoms with van der Waals surface area (Å²) in [7, 11) is 0.644. The summed E-state index contributed by atoms with van der Waals surface area (Å²) < 4.78 is 80.7. The summed E-state index contributed by atoms with van der Waals surface area (Å²) in [4.78, 5) is 45.9. The number of aromatic nitrogens is 2. The average Bonchev–Trinajstić information content (AvgIpc) is 2.77. The molecule has 34 heavy (non-hydrogen) atoms. The van der Waals surface area contributed by atoms with Gasteiger partial charge in [-0.2, -0.15) is 26.3 Å². The fraction of sp³-hybridized carbons (Fsp3) is 0.632. The second kappa shape index (κ2) is 10.5. The monoisotopic (exact) mass is 500 g/mol. The number of piperazine rings is 1. The van der Waals surface area contributed by atoms with Crippen LogP contribution in [0.3, 0.4) is 0 Å². The molecule has 190 valence electrons. The van der Waals surface area contributed by atoms with Crippen molar-refractivity contribution in [3.63, 3.8) is 0 Å². The Hall–Kier alpha value is -2.97. The third-order valence-corrected chi connectivity index (χ3v) is 5.17. The number of rotatable bonds is 8. The van der Waals surface area contributed by atoms with Crippen molar-refractivity contribution in [1.82, 2.24) is 14.9 Å². The number of carbonyl (C=O) groups excluding carboxylic acids is 3. The van der Waals surface area contributed by atoms with Crippen LogP contribution in [0.15, 0.2) is 12.4 Å². The van der Waals surface area contributed by atoms with Gasteiger partial charge in [-0.05, 0) is 6.42 Å². The van der Waals surface area contributed by atoms with E-state index in [-0.39, 0.29) is 50.9 Å². The van der Waals surface area contributed by atoms with Gasteiger partial charge in [-0.3, -0.25) is 9.59 Å². The molecule has 0 aliphatic carbocycles. The molecule has 1 unspecified atom stereocenters. The van der Waals surface area contributed by atoms with E-state index in [0.717, 1.165) is 0 Å². The van der Waals surface area contributed by atoms with Gasteiger partial charge in [0, 0.05) is 51.4 Å². The second-order valence-electron chi connectivity index (χ2n) is 7.56. The molecule has 0 radical (unpaired) electrons. The van der Waals surface area contributed by atoms with Crippen molar-refractivity contribution in [3.05, 3.63) is 18.0 Å². The first-order chi connectivity index (χ1) is 15.7. The lowest BCUT2D eigenvalue weighted by atomic mass is 9.94. The molecule has 0 bridgehead atoms. The van der Waals surface area contributed by atoms with E-state index in [0.29, 0.717) is 19.5 Å². The Morgan fingerprint density at radius 1 is 1.00 bits per heavy atom. The Balaban J connectivity index is 1.80. The van der Waals surface area contributed by atoms with Crippen molar-refractivity contribution >= 4 is 23.6 Å². The highest BCUT2D eigenvalue weighted by molar-refractivity contribution is 5.89. The number of esters is 1. The fourth-order valence-electron chi connectivity index (χ4n) is 3.21. The number of aliphatic hydroxyl groups is 1. The highest BCUT2D eigenvalue weighted by Crippen LogP contribution is 2.35. The number of hydrogen-bond donors (Lipinski definition) is 1. The lowest BCUT2D eigenvalue weighted by molar-refractivity contribution is -0.262. The molecule has 1 fully saturated rings. The number of hydrogen-bond acceptors (Lipinski definition) is 8. The number of carbonyl (C=O) groups is 3. The standard InChI is InChI=1S/C19H22F6N4O5/c1-34-15(32)17(33,19(23,24)25)9-13(30)3-2-4-14(31)28-5-7-29(8-6-28)16-26-10-12(11-27-16)18(20,21)22/h10-11,33H,2-9H2,1H3. The summed E-state index contributed by atoms with van der Waals surface area (Å²) in [6.07, 6.45) is -10.9. The molecule has 1 aromatic heterocycles. The zero-order valence-corrected chi connectivity index (χ0v) is 17.9. The maximum atomic E-state index is 13.0. The van der Waals surface area contributed by atoms with E-state index >= 15 is 0 Å². The van der Waals surface area contributed by atoms with Gasteiger partial charge in [-0.1, -0.05) is 0 Å². The minimum Gasteiger partial charge on any atom is -0.467 e. The molecule has 15 heteroatoms. The molecule has 1 amide bonds. The lowest BCUT2D eigenvalue weighted by Gasteiger charge is -2.34. The van der Waals surface area contributed by atoms with Crippen LogP contribution in [0.5, 0.6) is 0 Å². The van der Waals surface area contributed by atoms with Crippen molar-refractivity contribution in [2.45, 2.75) is 43.6 Å². The second-order valence-corrected chi connectivity index (χ2v) is 7.56. The molecular formula is C19H22F6N4O5. The van der Waals surface area contributed by atoms with E-state index in [4.69, 9.17) is 0 Å². The molecule has 1 aromatic rings. The normalized spacial score (nSPS) is 16.7. The topological polar surface area (TPSA) is 113 Å². The average molecular weight is 500 g/mol. The van der Waals surface area contributed by atoms with Crippen molar-refractivity contribution in [2.24, 2.45) is 0 Å². The van der Waals surface area contributed by atoms with Crippen LogP contribution in [-0.4, -0.2) is 82.7 Å². The number of ketones is 1. The van der Waals surface area contributed by atoms with Gasteiger partial charge in [0.2, 0.25) is 11.9 Å². The van der Waals surface area contributed by atoms with Crippen molar-refractivity contribution in [3.8, 4) is 0 Å². The van der Waals surface area contributed by atoms with Gasteiger partial charge in [-0.15, -0.1) is 0 Å². The van der Waals surface area contributed by atoms with Crippen LogP contribution < -0.4 is 4.90 Å². The summed E-state index contributed by atoms with van der Waals surface area (Å²) in [5.41, 5.74) is -4.95. The first-order valence-electron chi connectivity index (χ1n) is 10.00. The SMILES string of the molecule is COC(=O)C(O)(CC(=O)CCCC(=O)N1CCN(c2ncc(C(F)(F)F)cn2)CC1)C(F)(F)F. The van der Waals surface area contributed by atoms with Crippen LogP contribution >= 0.6 is 0 Å². The van der Waals surface area contributed by atoms with Crippen LogP contribution in [0.1, 0.15) is 31.2 Å². The largest absolute Gasteiger partial charge is 0.467 e. The summed E-state index contributed by atoms with van der Waals surface area (Å²) in [6, 6.07) is 0. The number of nitrogens with zero attached hydrogens (tertiary/aromatic N) is 4. The van der Waals surface area contributed by atoms with Crippen LogP contribution in [0.2, 0.25) is 0 Å². The summed E-state index contributed by atoms with van der Waals surface area (Å²) in [6.45, 7) is 0.891. The first kappa shape index (κ1) is 27.3. The molecule has 1 aliphatic rings. The lowest BCUT2D eigenvalue weighted by Crippen LogP contribution is -2.54. The van der Waals surface area contributed by atoms with Gasteiger partial charge in [0.05, 0.1) is 19.1 Å². The number of ether oxygens (including phenoxy) is 1. The van der Waals surface area contributed by atoms with Gasteiger partial charge < -0.3 is 19.6 Å². The molecule has 9 nitrogen and oxygen atoms in total. The maximum Gasteiger partial charge on any atom is 0.428 e. The fourth-order valence-corrected chi connectivity index (χ4v) is 3.21. The molecule has 1 aliphatic heterocycles.